The molecule has 1 aromatic rings. The van der Waals surface area contributed by atoms with E-state index in [-0.39, 0.29) is 11.8 Å². The summed E-state index contributed by atoms with van der Waals surface area (Å²) >= 11 is 0. The molecule has 0 fully saturated rings. The van der Waals surface area contributed by atoms with Crippen LogP contribution in [0.15, 0.2) is 12.1 Å². The molecule has 0 radical (unpaired) electrons. The van der Waals surface area contributed by atoms with Crippen LogP contribution in [0.25, 0.3) is 0 Å². The molecule has 0 saturated heterocycles. The maximum atomic E-state index is 10.9. The molecule has 1 rings (SSSR count). The second kappa shape index (κ2) is 5.42. The van der Waals surface area contributed by atoms with E-state index in [1.165, 1.54) is 0 Å². The molecule has 100 valence electrons. The van der Waals surface area contributed by atoms with E-state index in [1.54, 1.807) is 0 Å². The van der Waals surface area contributed by atoms with Crippen LogP contribution < -0.4 is 4.74 Å². The Balaban J connectivity index is 3.40. The number of aliphatic carboxylic acids is 1. The molecule has 0 unspecified atom stereocenters. The molecule has 0 aliphatic heterocycles. The molecule has 1 N–H and O–H groups in total. The third kappa shape index (κ3) is 3.49. The van der Waals surface area contributed by atoms with Crippen LogP contribution in [0.4, 0.5) is 0 Å². The van der Waals surface area contributed by atoms with Crippen molar-refractivity contribution >= 4 is 5.97 Å². The van der Waals surface area contributed by atoms with E-state index in [2.05, 4.69) is 26.8 Å². The molecule has 0 heterocycles. The Bertz CT molecular complexity index is 442. The van der Waals surface area contributed by atoms with Crippen molar-refractivity contribution in [3.05, 3.63) is 28.8 Å². The fourth-order valence-electron chi connectivity index (χ4n) is 2.01. The molecule has 3 nitrogen and oxygen atoms in total. The molecular weight excluding hydrogens is 228 g/mol. The lowest BCUT2D eigenvalue weighted by atomic mass is 9.83. The van der Waals surface area contributed by atoms with E-state index in [9.17, 15) is 4.79 Å². The maximum absolute atomic E-state index is 10.9. The second-order valence-electron chi connectivity index (χ2n) is 5.55. The summed E-state index contributed by atoms with van der Waals surface area (Å²) in [5, 5.41) is 8.99. The van der Waals surface area contributed by atoms with Gasteiger partial charge in [0, 0.05) is 11.1 Å². The van der Waals surface area contributed by atoms with Gasteiger partial charge >= 0.3 is 5.97 Å². The third-order valence-electron chi connectivity index (χ3n) is 2.75. The van der Waals surface area contributed by atoms with Crippen LogP contribution in [0.1, 0.15) is 44.4 Å². The first kappa shape index (κ1) is 14.6. The highest BCUT2D eigenvalue weighted by atomic mass is 16.5. The molecule has 0 amide bonds. The standard InChI is InChI=1S/C15H22O3/c1-6-18-14-11(9-13(16)17)7-10(2)8-12(14)15(3,4)5/h7-8H,6,9H2,1-5H3,(H,16,17). The van der Waals surface area contributed by atoms with Gasteiger partial charge in [-0.15, -0.1) is 0 Å². The number of hydrogen-bond acceptors (Lipinski definition) is 2. The Morgan fingerprint density at radius 3 is 2.39 bits per heavy atom. The molecule has 3 heteroatoms. The number of benzene rings is 1. The van der Waals surface area contributed by atoms with Crippen molar-refractivity contribution in [2.24, 2.45) is 0 Å². The molecular formula is C15H22O3. The van der Waals surface area contributed by atoms with Crippen molar-refractivity contribution in [3.8, 4) is 5.75 Å². The number of carboxylic acid groups (broad SMARTS) is 1. The van der Waals surface area contributed by atoms with Crippen molar-refractivity contribution in [1.82, 2.24) is 0 Å². The van der Waals surface area contributed by atoms with E-state index in [0.717, 1.165) is 22.4 Å². The van der Waals surface area contributed by atoms with Crippen LogP contribution in [-0.2, 0) is 16.6 Å². The molecule has 18 heavy (non-hydrogen) atoms. The lowest BCUT2D eigenvalue weighted by Crippen LogP contribution is -2.16. The average Bonchev–Trinajstić information content (AvgIpc) is 2.19. The second-order valence-corrected chi connectivity index (χ2v) is 5.55. The van der Waals surface area contributed by atoms with Crippen molar-refractivity contribution < 1.29 is 14.6 Å². The number of carbonyl (C=O) groups is 1. The van der Waals surface area contributed by atoms with Gasteiger partial charge in [-0.05, 0) is 19.3 Å². The van der Waals surface area contributed by atoms with E-state index in [0.29, 0.717) is 6.61 Å². The van der Waals surface area contributed by atoms with Crippen molar-refractivity contribution in [2.75, 3.05) is 6.61 Å². The third-order valence-corrected chi connectivity index (χ3v) is 2.75. The molecule has 0 atom stereocenters. The Hall–Kier alpha value is -1.51. The lowest BCUT2D eigenvalue weighted by molar-refractivity contribution is -0.136. The zero-order chi connectivity index (χ0) is 13.9. The molecule has 0 saturated carbocycles. The van der Waals surface area contributed by atoms with Crippen LogP contribution in [0, 0.1) is 6.92 Å². The maximum Gasteiger partial charge on any atom is 0.307 e. The van der Waals surface area contributed by atoms with Crippen molar-refractivity contribution in [2.45, 2.75) is 46.5 Å². The lowest BCUT2D eigenvalue weighted by Gasteiger charge is -2.25. The Kier molecular flexibility index (Phi) is 4.38. The zero-order valence-electron chi connectivity index (χ0n) is 11.8. The summed E-state index contributed by atoms with van der Waals surface area (Å²) in [6, 6.07) is 3.98. The zero-order valence-corrected chi connectivity index (χ0v) is 11.8. The first-order valence-electron chi connectivity index (χ1n) is 6.24. The summed E-state index contributed by atoms with van der Waals surface area (Å²) in [7, 11) is 0. The summed E-state index contributed by atoms with van der Waals surface area (Å²) in [4.78, 5) is 10.9. The molecule has 0 aliphatic carbocycles. The summed E-state index contributed by atoms with van der Waals surface area (Å²) in [5.41, 5.74) is 2.83. The van der Waals surface area contributed by atoms with E-state index in [4.69, 9.17) is 9.84 Å². The van der Waals surface area contributed by atoms with Gasteiger partial charge in [-0.3, -0.25) is 4.79 Å². The SMILES string of the molecule is CCOc1c(CC(=O)O)cc(C)cc1C(C)(C)C. The van der Waals surface area contributed by atoms with Gasteiger partial charge in [-0.1, -0.05) is 38.5 Å². The van der Waals surface area contributed by atoms with Gasteiger partial charge in [-0.25, -0.2) is 0 Å². The molecule has 1 aromatic carbocycles. The Labute approximate surface area is 109 Å². The van der Waals surface area contributed by atoms with Crippen LogP contribution in [-0.4, -0.2) is 17.7 Å². The van der Waals surface area contributed by atoms with Crippen LogP contribution in [0.2, 0.25) is 0 Å². The molecule has 0 spiro atoms. The van der Waals surface area contributed by atoms with Crippen molar-refractivity contribution in [3.63, 3.8) is 0 Å². The van der Waals surface area contributed by atoms with Gasteiger partial charge < -0.3 is 9.84 Å². The highest BCUT2D eigenvalue weighted by Gasteiger charge is 2.22. The molecule has 0 bridgehead atoms. The van der Waals surface area contributed by atoms with Gasteiger partial charge in [0.1, 0.15) is 5.75 Å². The van der Waals surface area contributed by atoms with Gasteiger partial charge in [0.2, 0.25) is 0 Å². The Morgan fingerprint density at radius 1 is 1.33 bits per heavy atom. The van der Waals surface area contributed by atoms with Crippen LogP contribution in [0.3, 0.4) is 0 Å². The number of aryl methyl sites for hydroxylation is 1. The highest BCUT2D eigenvalue weighted by molar-refractivity contribution is 5.72. The topological polar surface area (TPSA) is 46.5 Å². The van der Waals surface area contributed by atoms with E-state index < -0.39 is 5.97 Å². The average molecular weight is 250 g/mol. The summed E-state index contributed by atoms with van der Waals surface area (Å²) < 4.78 is 5.69. The highest BCUT2D eigenvalue weighted by Crippen LogP contribution is 2.35. The predicted octanol–water partition coefficient (Wildman–Crippen LogP) is 3.32. The quantitative estimate of drug-likeness (QED) is 0.891. The van der Waals surface area contributed by atoms with Crippen molar-refractivity contribution in [1.29, 1.82) is 0 Å². The number of hydrogen-bond donors (Lipinski definition) is 1. The van der Waals surface area contributed by atoms with Gasteiger partial charge in [-0.2, -0.15) is 0 Å². The van der Waals surface area contributed by atoms with Crippen LogP contribution in [0.5, 0.6) is 5.75 Å². The predicted molar refractivity (Wildman–Crippen MR) is 72.4 cm³/mol. The van der Waals surface area contributed by atoms with Gasteiger partial charge in [0.25, 0.3) is 0 Å². The normalized spacial score (nSPS) is 11.4. The fraction of sp³-hybridized carbons (Fsp3) is 0.533. The van der Waals surface area contributed by atoms with Crippen LogP contribution >= 0.6 is 0 Å². The summed E-state index contributed by atoms with van der Waals surface area (Å²) in [6.07, 6.45) is 0.0000926. The minimum Gasteiger partial charge on any atom is -0.493 e. The Morgan fingerprint density at radius 2 is 1.94 bits per heavy atom. The first-order valence-corrected chi connectivity index (χ1v) is 6.24. The minimum absolute atomic E-state index is 0.0000926. The minimum atomic E-state index is -0.832. The smallest absolute Gasteiger partial charge is 0.307 e. The first-order chi connectivity index (χ1) is 8.25. The number of carboxylic acids is 1. The van der Waals surface area contributed by atoms with Gasteiger partial charge in [0.05, 0.1) is 13.0 Å². The monoisotopic (exact) mass is 250 g/mol. The van der Waals surface area contributed by atoms with Gasteiger partial charge in [0.15, 0.2) is 0 Å². The van der Waals surface area contributed by atoms with E-state index in [1.807, 2.05) is 19.9 Å². The van der Waals surface area contributed by atoms with E-state index >= 15 is 0 Å². The number of rotatable bonds is 4. The fourth-order valence-corrected chi connectivity index (χ4v) is 2.01. The number of ether oxygens (including phenoxy) is 1. The summed E-state index contributed by atoms with van der Waals surface area (Å²) in [6.45, 7) is 10.8. The largest absolute Gasteiger partial charge is 0.493 e. The molecule has 0 aliphatic rings. The molecule has 0 aromatic heterocycles. The summed E-state index contributed by atoms with van der Waals surface area (Å²) in [5.74, 6) is -0.0978.